The molecule has 0 unspecified atom stereocenters. The van der Waals surface area contributed by atoms with Crippen LogP contribution in [0.4, 0.5) is 17.1 Å². The first-order valence-corrected chi connectivity index (χ1v) is 9.64. The zero-order valence-electron chi connectivity index (χ0n) is 16.6. The molecule has 1 fully saturated rings. The number of carboxylic acid groups (broad SMARTS) is 2. The standard InChI is InChI=1S/C12H15N3O4.C7H4ClNO4/c16-12(17)10-8-9(2-3-11(10)15(18)19)14-6-1-4-13-5-7-14;8-4-1-2-6(9(12)13)5(3-4)7(10)11/h2-3,8,13H,1,4-7H2,(H,16,17);1-3H,(H,10,11). The highest BCUT2D eigenvalue weighted by Crippen LogP contribution is 2.25. The van der Waals surface area contributed by atoms with Gasteiger partial charge in [0.1, 0.15) is 11.1 Å². The number of benzene rings is 2. The van der Waals surface area contributed by atoms with Crippen molar-refractivity contribution in [2.24, 2.45) is 0 Å². The maximum absolute atomic E-state index is 11.1. The molecule has 1 heterocycles. The summed E-state index contributed by atoms with van der Waals surface area (Å²) in [6, 6.07) is 7.62. The van der Waals surface area contributed by atoms with Gasteiger partial charge in [-0.15, -0.1) is 0 Å². The van der Waals surface area contributed by atoms with E-state index in [1.54, 1.807) is 6.07 Å². The topological polar surface area (TPSA) is 176 Å². The molecule has 1 saturated heterocycles. The van der Waals surface area contributed by atoms with Crippen LogP contribution in [0, 0.1) is 20.2 Å². The van der Waals surface area contributed by atoms with E-state index in [0.717, 1.165) is 44.7 Å². The first-order valence-electron chi connectivity index (χ1n) is 9.26. The highest BCUT2D eigenvalue weighted by atomic mass is 35.5. The molecule has 3 N–H and O–H groups in total. The molecule has 0 spiro atoms. The molecule has 2 aromatic carbocycles. The van der Waals surface area contributed by atoms with Gasteiger partial charge in [0.2, 0.25) is 0 Å². The minimum Gasteiger partial charge on any atom is -0.477 e. The monoisotopic (exact) mass is 466 g/mol. The molecular weight excluding hydrogens is 448 g/mol. The minimum absolute atomic E-state index is 0.156. The zero-order valence-corrected chi connectivity index (χ0v) is 17.3. The number of aromatic carboxylic acids is 2. The van der Waals surface area contributed by atoms with Crippen LogP contribution in [-0.2, 0) is 0 Å². The molecule has 3 rings (SSSR count). The maximum Gasteiger partial charge on any atom is 0.342 e. The third-order valence-electron chi connectivity index (χ3n) is 4.50. The Morgan fingerprint density at radius 3 is 2.03 bits per heavy atom. The predicted octanol–water partition coefficient (Wildman–Crippen LogP) is 3.04. The molecule has 2 aromatic rings. The van der Waals surface area contributed by atoms with E-state index in [1.165, 1.54) is 18.2 Å². The molecule has 0 atom stereocenters. The summed E-state index contributed by atoms with van der Waals surface area (Å²) in [4.78, 5) is 43.3. The molecule has 0 saturated carbocycles. The van der Waals surface area contributed by atoms with E-state index in [1.807, 2.05) is 4.90 Å². The van der Waals surface area contributed by atoms with E-state index in [-0.39, 0.29) is 16.3 Å². The highest BCUT2D eigenvalue weighted by molar-refractivity contribution is 6.31. The van der Waals surface area contributed by atoms with Crippen LogP contribution < -0.4 is 10.2 Å². The number of nitro benzene ring substituents is 2. The predicted molar refractivity (Wildman–Crippen MR) is 115 cm³/mol. The van der Waals surface area contributed by atoms with E-state index < -0.39 is 33.0 Å². The van der Waals surface area contributed by atoms with Gasteiger partial charge in [-0.2, -0.15) is 0 Å². The largest absolute Gasteiger partial charge is 0.477 e. The Morgan fingerprint density at radius 2 is 1.47 bits per heavy atom. The Bertz CT molecular complexity index is 1040. The smallest absolute Gasteiger partial charge is 0.342 e. The zero-order chi connectivity index (χ0) is 23.8. The number of hydrogen-bond acceptors (Lipinski definition) is 8. The molecule has 170 valence electrons. The molecule has 1 aliphatic rings. The SMILES string of the molecule is O=C(O)c1cc(Cl)ccc1[N+](=O)[O-].O=C(O)c1cc(N2CCCNCC2)ccc1[N+](=O)[O-]. The van der Waals surface area contributed by atoms with Crippen LogP contribution in [0.5, 0.6) is 0 Å². The fraction of sp³-hybridized carbons (Fsp3) is 0.263. The molecular formula is C19H19ClN4O8. The van der Waals surface area contributed by atoms with Crippen LogP contribution in [0.2, 0.25) is 5.02 Å². The van der Waals surface area contributed by atoms with Gasteiger partial charge in [-0.3, -0.25) is 20.2 Å². The summed E-state index contributed by atoms with van der Waals surface area (Å²) in [6.07, 6.45) is 0.958. The first-order chi connectivity index (χ1) is 15.1. The van der Waals surface area contributed by atoms with E-state index in [2.05, 4.69) is 5.32 Å². The van der Waals surface area contributed by atoms with Gasteiger partial charge in [0.05, 0.1) is 9.85 Å². The number of hydrogen-bond donors (Lipinski definition) is 3. The number of anilines is 1. The second kappa shape index (κ2) is 11.0. The van der Waals surface area contributed by atoms with Crippen molar-refractivity contribution in [3.05, 3.63) is 72.8 Å². The van der Waals surface area contributed by atoms with Crippen LogP contribution in [-0.4, -0.2) is 58.2 Å². The molecule has 12 nitrogen and oxygen atoms in total. The lowest BCUT2D eigenvalue weighted by atomic mass is 10.1. The molecule has 1 aliphatic heterocycles. The second-order valence-corrected chi connectivity index (χ2v) is 7.01. The molecule has 32 heavy (non-hydrogen) atoms. The minimum atomic E-state index is -1.37. The van der Waals surface area contributed by atoms with E-state index >= 15 is 0 Å². The lowest BCUT2D eigenvalue weighted by Gasteiger charge is -2.22. The van der Waals surface area contributed by atoms with Gasteiger partial charge in [0.15, 0.2) is 0 Å². The second-order valence-electron chi connectivity index (χ2n) is 6.58. The van der Waals surface area contributed by atoms with Crippen molar-refractivity contribution in [2.45, 2.75) is 6.42 Å². The van der Waals surface area contributed by atoms with Crippen molar-refractivity contribution in [3.63, 3.8) is 0 Å². The fourth-order valence-electron chi connectivity index (χ4n) is 2.99. The summed E-state index contributed by atoms with van der Waals surface area (Å²) in [6.45, 7) is 3.31. The van der Waals surface area contributed by atoms with Gasteiger partial charge >= 0.3 is 11.9 Å². The van der Waals surface area contributed by atoms with E-state index in [0.29, 0.717) is 5.69 Å². The summed E-state index contributed by atoms with van der Waals surface area (Å²) in [5.41, 5.74) is -0.787. The Kier molecular flexibility index (Phi) is 8.44. The van der Waals surface area contributed by atoms with Gasteiger partial charge < -0.3 is 20.4 Å². The average molecular weight is 467 g/mol. The van der Waals surface area contributed by atoms with Gasteiger partial charge in [0, 0.05) is 42.5 Å². The number of carboxylic acids is 2. The number of nitrogens with one attached hydrogen (secondary N) is 1. The van der Waals surface area contributed by atoms with E-state index in [9.17, 15) is 29.8 Å². The first kappa shape index (κ1) is 24.5. The Labute approximate surface area is 186 Å². The number of rotatable bonds is 5. The summed E-state index contributed by atoms with van der Waals surface area (Å²) >= 11 is 5.48. The summed E-state index contributed by atoms with van der Waals surface area (Å²) < 4.78 is 0. The molecule has 0 amide bonds. The number of nitrogens with zero attached hydrogens (tertiary/aromatic N) is 3. The molecule has 13 heteroatoms. The van der Waals surface area contributed by atoms with Crippen molar-refractivity contribution >= 4 is 40.6 Å². The van der Waals surface area contributed by atoms with Crippen molar-refractivity contribution in [3.8, 4) is 0 Å². The van der Waals surface area contributed by atoms with Crippen molar-refractivity contribution in [1.29, 1.82) is 0 Å². The fourth-order valence-corrected chi connectivity index (χ4v) is 3.17. The molecule has 0 aromatic heterocycles. The van der Waals surface area contributed by atoms with Crippen molar-refractivity contribution in [2.75, 3.05) is 31.1 Å². The lowest BCUT2D eigenvalue weighted by molar-refractivity contribution is -0.385. The van der Waals surface area contributed by atoms with E-state index in [4.69, 9.17) is 21.8 Å². The maximum atomic E-state index is 11.1. The summed E-state index contributed by atoms with van der Waals surface area (Å²) in [7, 11) is 0. The quantitative estimate of drug-likeness (QED) is 0.438. The van der Waals surface area contributed by atoms with Gasteiger partial charge in [0.25, 0.3) is 11.4 Å². The van der Waals surface area contributed by atoms with Gasteiger partial charge in [-0.05, 0) is 37.2 Å². The van der Waals surface area contributed by atoms with Crippen LogP contribution in [0.1, 0.15) is 27.1 Å². The average Bonchev–Trinajstić information content (AvgIpc) is 3.03. The van der Waals surface area contributed by atoms with Gasteiger partial charge in [-0.25, -0.2) is 9.59 Å². The van der Waals surface area contributed by atoms with Crippen LogP contribution >= 0.6 is 11.6 Å². The third-order valence-corrected chi connectivity index (χ3v) is 4.73. The Morgan fingerprint density at radius 1 is 0.906 bits per heavy atom. The lowest BCUT2D eigenvalue weighted by Crippen LogP contribution is -2.28. The van der Waals surface area contributed by atoms with Crippen molar-refractivity contribution in [1.82, 2.24) is 5.32 Å². The van der Waals surface area contributed by atoms with Crippen LogP contribution in [0.3, 0.4) is 0 Å². The third kappa shape index (κ3) is 6.36. The van der Waals surface area contributed by atoms with Gasteiger partial charge in [-0.1, -0.05) is 11.6 Å². The Hall–Kier alpha value is -3.77. The van der Waals surface area contributed by atoms with Crippen LogP contribution in [0.25, 0.3) is 0 Å². The van der Waals surface area contributed by atoms with Crippen LogP contribution in [0.15, 0.2) is 36.4 Å². The molecule has 0 radical (unpaired) electrons. The number of nitro groups is 2. The molecule has 0 bridgehead atoms. The highest BCUT2D eigenvalue weighted by Gasteiger charge is 2.22. The number of halogens is 1. The Balaban J connectivity index is 0.000000244. The van der Waals surface area contributed by atoms with Crippen molar-refractivity contribution < 1.29 is 29.6 Å². The normalized spacial score (nSPS) is 13.3. The summed E-state index contributed by atoms with van der Waals surface area (Å²) in [5.74, 6) is -2.64. The summed E-state index contributed by atoms with van der Waals surface area (Å²) in [5, 5.41) is 42.2. The molecule has 0 aliphatic carbocycles. The number of carbonyl (C=O) groups is 2.